The van der Waals surface area contributed by atoms with Crippen LogP contribution in [0.5, 0.6) is 0 Å². The number of aryl methyl sites for hydroxylation is 1. The van der Waals surface area contributed by atoms with E-state index in [1.54, 1.807) is 37.8 Å². The van der Waals surface area contributed by atoms with Crippen molar-refractivity contribution in [2.45, 2.75) is 38.5 Å². The highest BCUT2D eigenvalue weighted by atomic mass is 32.2. The van der Waals surface area contributed by atoms with Crippen LogP contribution < -0.4 is 10.0 Å². The van der Waals surface area contributed by atoms with Gasteiger partial charge in [-0.1, -0.05) is 18.3 Å². The zero-order valence-corrected chi connectivity index (χ0v) is 19.4. The van der Waals surface area contributed by atoms with Crippen LogP contribution in [0.25, 0.3) is 0 Å². The van der Waals surface area contributed by atoms with Gasteiger partial charge in [-0.05, 0) is 61.5 Å². The van der Waals surface area contributed by atoms with Crippen molar-refractivity contribution < 1.29 is 18.0 Å². The molecule has 1 aliphatic heterocycles. The number of nitrogens with zero attached hydrogens (tertiary/aromatic N) is 3. The van der Waals surface area contributed by atoms with Crippen molar-refractivity contribution in [3.8, 4) is 0 Å². The summed E-state index contributed by atoms with van der Waals surface area (Å²) in [5.41, 5.74) is 1.20. The van der Waals surface area contributed by atoms with E-state index in [-0.39, 0.29) is 28.5 Å². The van der Waals surface area contributed by atoms with Gasteiger partial charge in [0.15, 0.2) is 0 Å². The fourth-order valence-electron chi connectivity index (χ4n) is 3.23. The van der Waals surface area contributed by atoms with Crippen molar-refractivity contribution in [1.82, 2.24) is 19.2 Å². The fraction of sp³-hybridized carbons (Fsp3) is 0.500. The number of aromatic nitrogens is 2. The van der Waals surface area contributed by atoms with Crippen molar-refractivity contribution in [3.63, 3.8) is 0 Å². The van der Waals surface area contributed by atoms with E-state index in [9.17, 15) is 18.0 Å². The quantitative estimate of drug-likeness (QED) is 0.647. The summed E-state index contributed by atoms with van der Waals surface area (Å²) in [6.07, 6.45) is 1.44. The van der Waals surface area contributed by atoms with Crippen LogP contribution in [0.1, 0.15) is 42.1 Å². The number of sulfonamides is 1. The maximum Gasteiger partial charge on any atom is 0.267 e. The third-order valence-corrected chi connectivity index (χ3v) is 7.52. The number of likely N-dealkylation sites (tertiary alicyclic amines) is 1. The van der Waals surface area contributed by atoms with E-state index in [2.05, 4.69) is 19.6 Å². The van der Waals surface area contributed by atoms with Crippen molar-refractivity contribution in [2.24, 2.45) is 11.8 Å². The predicted octanol–water partition coefficient (Wildman–Crippen LogP) is 2.27. The summed E-state index contributed by atoms with van der Waals surface area (Å²) >= 11 is 1.10. The summed E-state index contributed by atoms with van der Waals surface area (Å²) in [4.78, 5) is 26.8. The van der Waals surface area contributed by atoms with Crippen LogP contribution in [0.2, 0.25) is 0 Å². The van der Waals surface area contributed by atoms with Crippen molar-refractivity contribution in [3.05, 3.63) is 34.8 Å². The zero-order chi connectivity index (χ0) is 22.6. The lowest BCUT2D eigenvalue weighted by Gasteiger charge is -2.31. The molecule has 0 atom stereocenters. The molecule has 168 valence electrons. The van der Waals surface area contributed by atoms with Gasteiger partial charge in [0.1, 0.15) is 4.88 Å². The zero-order valence-electron chi connectivity index (χ0n) is 17.8. The van der Waals surface area contributed by atoms with Crippen LogP contribution in [0.4, 0.5) is 5.69 Å². The summed E-state index contributed by atoms with van der Waals surface area (Å²) < 4.78 is 31.7. The Morgan fingerprint density at radius 3 is 2.39 bits per heavy atom. The molecule has 2 aromatic rings. The number of hydrogen-bond donors (Lipinski definition) is 2. The normalized spacial score (nSPS) is 15.3. The van der Waals surface area contributed by atoms with Crippen molar-refractivity contribution >= 4 is 39.1 Å². The van der Waals surface area contributed by atoms with Crippen LogP contribution in [-0.2, 0) is 14.8 Å². The molecule has 1 aromatic heterocycles. The Labute approximate surface area is 186 Å². The summed E-state index contributed by atoms with van der Waals surface area (Å²) in [5.74, 6) is -0.185. The van der Waals surface area contributed by atoms with Gasteiger partial charge in [-0.15, -0.1) is 5.10 Å². The average molecular weight is 466 g/mol. The minimum absolute atomic E-state index is 0.0591. The van der Waals surface area contributed by atoms with E-state index < -0.39 is 10.0 Å². The van der Waals surface area contributed by atoms with E-state index >= 15 is 0 Å². The fourth-order valence-corrected chi connectivity index (χ4v) is 4.97. The molecular formula is C20H27N5O4S2. The molecule has 9 nitrogen and oxygen atoms in total. The van der Waals surface area contributed by atoms with Crippen LogP contribution in [0, 0.1) is 18.8 Å². The first-order valence-electron chi connectivity index (χ1n) is 10.2. The second kappa shape index (κ2) is 9.84. The monoisotopic (exact) mass is 465 g/mol. The topological polar surface area (TPSA) is 121 Å². The molecule has 2 amide bonds. The van der Waals surface area contributed by atoms with Gasteiger partial charge in [0, 0.05) is 31.2 Å². The summed E-state index contributed by atoms with van der Waals surface area (Å²) in [7, 11) is -3.65. The van der Waals surface area contributed by atoms with Crippen LogP contribution >= 0.6 is 11.5 Å². The number of piperidine rings is 1. The van der Waals surface area contributed by atoms with E-state index in [0.29, 0.717) is 35.9 Å². The van der Waals surface area contributed by atoms with Gasteiger partial charge >= 0.3 is 0 Å². The number of anilines is 1. The van der Waals surface area contributed by atoms with Crippen LogP contribution in [-0.4, -0.2) is 54.4 Å². The van der Waals surface area contributed by atoms with Crippen LogP contribution in [0.3, 0.4) is 0 Å². The first-order valence-corrected chi connectivity index (χ1v) is 12.4. The summed E-state index contributed by atoms with van der Waals surface area (Å²) in [6.45, 7) is 6.81. The molecular weight excluding hydrogens is 438 g/mol. The second-order valence-electron chi connectivity index (χ2n) is 7.94. The number of rotatable bonds is 7. The Balaban J connectivity index is 1.50. The Hall–Kier alpha value is -2.37. The molecule has 0 saturated carbocycles. The maximum absolute atomic E-state index is 12.6. The van der Waals surface area contributed by atoms with E-state index in [1.165, 1.54) is 12.1 Å². The SMILES string of the molecule is Cc1nnsc1C(=O)N1CCC(CNS(=O)(=O)c2ccc(NC(=O)C(C)C)cc2)CC1. The molecule has 2 N–H and O–H groups in total. The van der Waals surface area contributed by atoms with Crippen LogP contribution in [0.15, 0.2) is 29.2 Å². The van der Waals surface area contributed by atoms with E-state index in [4.69, 9.17) is 0 Å². The Kier molecular flexibility index (Phi) is 7.39. The lowest BCUT2D eigenvalue weighted by molar-refractivity contribution is -0.118. The molecule has 3 rings (SSSR count). The van der Waals surface area contributed by atoms with Gasteiger partial charge in [0.2, 0.25) is 15.9 Å². The molecule has 0 spiro atoms. The highest BCUT2D eigenvalue weighted by Crippen LogP contribution is 2.21. The molecule has 0 radical (unpaired) electrons. The summed E-state index contributed by atoms with van der Waals surface area (Å²) in [6, 6.07) is 6.11. The molecule has 1 aliphatic rings. The highest BCUT2D eigenvalue weighted by Gasteiger charge is 2.27. The van der Waals surface area contributed by atoms with Crippen molar-refractivity contribution in [2.75, 3.05) is 25.0 Å². The molecule has 0 aliphatic carbocycles. The van der Waals surface area contributed by atoms with E-state index in [0.717, 1.165) is 24.4 Å². The maximum atomic E-state index is 12.6. The molecule has 11 heteroatoms. The highest BCUT2D eigenvalue weighted by molar-refractivity contribution is 7.89. The number of nitrogens with one attached hydrogen (secondary N) is 2. The Morgan fingerprint density at radius 2 is 1.84 bits per heavy atom. The molecule has 0 unspecified atom stereocenters. The number of carbonyl (C=O) groups is 2. The smallest absolute Gasteiger partial charge is 0.267 e. The summed E-state index contributed by atoms with van der Waals surface area (Å²) in [5, 5.41) is 6.62. The average Bonchev–Trinajstić information content (AvgIpc) is 3.18. The standard InChI is InChI=1S/C20H27N5O4S2/c1-13(2)19(26)22-16-4-6-17(7-5-16)31(28,29)21-12-15-8-10-25(11-9-15)20(27)18-14(3)23-24-30-18/h4-7,13,15,21H,8-12H2,1-3H3,(H,22,26). The largest absolute Gasteiger partial charge is 0.338 e. The number of amides is 2. The van der Waals surface area contributed by atoms with Gasteiger partial charge < -0.3 is 10.2 Å². The predicted molar refractivity (Wildman–Crippen MR) is 118 cm³/mol. The minimum Gasteiger partial charge on any atom is -0.338 e. The second-order valence-corrected chi connectivity index (χ2v) is 10.5. The molecule has 31 heavy (non-hydrogen) atoms. The van der Waals surface area contributed by atoms with Gasteiger partial charge in [-0.2, -0.15) is 0 Å². The number of benzene rings is 1. The first-order chi connectivity index (χ1) is 14.7. The molecule has 0 bridgehead atoms. The Bertz CT molecular complexity index is 1030. The number of hydrogen-bond acceptors (Lipinski definition) is 7. The molecule has 1 aromatic carbocycles. The first kappa shape index (κ1) is 23.3. The lowest BCUT2D eigenvalue weighted by Crippen LogP contribution is -2.41. The minimum atomic E-state index is -3.65. The molecule has 1 saturated heterocycles. The molecule has 1 fully saturated rings. The van der Waals surface area contributed by atoms with Gasteiger partial charge in [-0.25, -0.2) is 13.1 Å². The van der Waals surface area contributed by atoms with Gasteiger partial charge in [-0.3, -0.25) is 9.59 Å². The third kappa shape index (κ3) is 5.86. The van der Waals surface area contributed by atoms with Gasteiger partial charge in [0.05, 0.1) is 10.6 Å². The third-order valence-electron chi connectivity index (χ3n) is 5.27. The lowest BCUT2D eigenvalue weighted by atomic mass is 9.97. The molecule has 2 heterocycles. The number of carbonyl (C=O) groups excluding carboxylic acids is 2. The Morgan fingerprint density at radius 1 is 1.19 bits per heavy atom. The van der Waals surface area contributed by atoms with E-state index in [1.807, 2.05) is 0 Å². The van der Waals surface area contributed by atoms with Gasteiger partial charge in [0.25, 0.3) is 5.91 Å². The van der Waals surface area contributed by atoms with Crippen molar-refractivity contribution in [1.29, 1.82) is 0 Å².